The van der Waals surface area contributed by atoms with Gasteiger partial charge in [0.2, 0.25) is 0 Å². The second-order valence-corrected chi connectivity index (χ2v) is 25.6. The summed E-state index contributed by atoms with van der Waals surface area (Å²) in [6.45, 7) is 8.68. The molecule has 11 heteroatoms. The lowest BCUT2D eigenvalue weighted by molar-refractivity contribution is -0.131. The standard InChI is InChI=1S/C69H65N5O5Si/c1-8-67(48-77-80(66(3,4)5,59-35-23-13-24-36-59)60-37-25-14-26-38-60)61(78-69(54-31-19-11-20-32-54,55-33-21-12-22-34-55)56-41-45-58(76-7)46-42-56)47-62(79-67)74-49-70-63-64(71-50(2)72-65(63)74)73-68(51-27-15-9-16-28-51,52-29-17-10-18-30-52)53-39-43-57(75-6)44-40-53/h1,9-46,49,61-62H,47-48H2,2-7H3,(H,71,72,73)/t61-,62+,67+/m0/s1. The molecule has 1 N–H and O–H groups in total. The van der Waals surface area contributed by atoms with Crippen molar-refractivity contribution < 1.29 is 23.4 Å². The van der Waals surface area contributed by atoms with Gasteiger partial charge in [0.25, 0.3) is 8.32 Å². The summed E-state index contributed by atoms with van der Waals surface area (Å²) < 4.78 is 36.8. The lowest BCUT2D eigenvalue weighted by atomic mass is 9.77. The molecule has 1 fully saturated rings. The Morgan fingerprint density at radius 1 is 0.600 bits per heavy atom. The van der Waals surface area contributed by atoms with E-state index in [1.165, 1.54) is 0 Å². The quantitative estimate of drug-likeness (QED) is 0.0511. The number of hydrogen-bond donors (Lipinski definition) is 1. The van der Waals surface area contributed by atoms with E-state index in [0.717, 1.165) is 55.3 Å². The maximum absolute atomic E-state index is 8.06. The highest BCUT2D eigenvalue weighted by Gasteiger charge is 2.58. The first-order valence-electron chi connectivity index (χ1n) is 27.1. The fourth-order valence-electron chi connectivity index (χ4n) is 11.9. The molecular weight excluding hydrogens is 1010 g/mol. The van der Waals surface area contributed by atoms with Crippen molar-refractivity contribution >= 4 is 35.7 Å². The van der Waals surface area contributed by atoms with Crippen LogP contribution in [-0.2, 0) is 25.0 Å². The smallest absolute Gasteiger partial charge is 0.261 e. The van der Waals surface area contributed by atoms with Gasteiger partial charge < -0.3 is 28.7 Å². The molecule has 400 valence electrons. The Labute approximate surface area is 470 Å². The molecule has 1 saturated heterocycles. The summed E-state index contributed by atoms with van der Waals surface area (Å²) in [5.41, 5.74) is 3.08. The predicted molar refractivity (Wildman–Crippen MR) is 320 cm³/mol. The van der Waals surface area contributed by atoms with Crippen LogP contribution in [0.25, 0.3) is 11.2 Å². The first-order valence-corrected chi connectivity index (χ1v) is 29.0. The Kier molecular flexibility index (Phi) is 14.8. The summed E-state index contributed by atoms with van der Waals surface area (Å²) >= 11 is 0. The molecular formula is C69H65N5O5Si. The maximum atomic E-state index is 8.06. The van der Waals surface area contributed by atoms with E-state index in [9.17, 15) is 0 Å². The summed E-state index contributed by atoms with van der Waals surface area (Å²) in [6, 6.07) is 78.8. The van der Waals surface area contributed by atoms with Gasteiger partial charge in [0.1, 0.15) is 40.8 Å². The minimum atomic E-state index is -3.23. The average molecular weight is 1070 g/mol. The van der Waals surface area contributed by atoms with Gasteiger partial charge >= 0.3 is 0 Å². The highest BCUT2D eigenvalue weighted by molar-refractivity contribution is 6.99. The molecule has 0 spiro atoms. The molecule has 3 atom stereocenters. The number of nitrogens with zero attached hydrogens (tertiary/aromatic N) is 4. The Balaban J connectivity index is 1.09. The van der Waals surface area contributed by atoms with Gasteiger partial charge in [-0.25, -0.2) is 15.0 Å². The number of ether oxygens (including phenoxy) is 4. The summed E-state index contributed by atoms with van der Waals surface area (Å²) in [7, 11) is 0.117. The van der Waals surface area contributed by atoms with Crippen LogP contribution in [0.15, 0.2) is 237 Å². The normalized spacial score (nSPS) is 16.7. The van der Waals surface area contributed by atoms with E-state index >= 15 is 0 Å². The number of nitrogens with one attached hydrogen (secondary N) is 1. The second-order valence-electron chi connectivity index (χ2n) is 21.3. The molecule has 0 aliphatic carbocycles. The second kappa shape index (κ2) is 22.2. The van der Waals surface area contributed by atoms with Crippen molar-refractivity contribution in [2.45, 2.75) is 68.2 Å². The molecule has 0 amide bonds. The van der Waals surface area contributed by atoms with Crippen LogP contribution < -0.4 is 25.2 Å². The molecule has 10 nitrogen and oxygen atoms in total. The summed E-state index contributed by atoms with van der Waals surface area (Å²) in [5.74, 6) is 5.78. The molecule has 3 heterocycles. The van der Waals surface area contributed by atoms with Gasteiger partial charge in [-0.1, -0.05) is 233 Å². The van der Waals surface area contributed by atoms with Crippen LogP contribution in [0.2, 0.25) is 5.04 Å². The number of terminal acetylenes is 1. The zero-order chi connectivity index (χ0) is 55.4. The number of rotatable bonds is 18. The first kappa shape index (κ1) is 53.4. The number of aryl methyl sites for hydroxylation is 1. The molecule has 0 saturated carbocycles. The van der Waals surface area contributed by atoms with Crippen molar-refractivity contribution in [3.8, 4) is 23.8 Å². The Morgan fingerprint density at radius 3 is 1.48 bits per heavy atom. The van der Waals surface area contributed by atoms with Gasteiger partial charge in [-0.3, -0.25) is 4.57 Å². The van der Waals surface area contributed by atoms with Crippen molar-refractivity contribution in [2.75, 3.05) is 26.1 Å². The molecule has 0 bridgehead atoms. The highest BCUT2D eigenvalue weighted by Crippen LogP contribution is 2.50. The maximum Gasteiger partial charge on any atom is 0.261 e. The number of benzene rings is 8. The van der Waals surface area contributed by atoms with Gasteiger partial charge in [0.15, 0.2) is 22.6 Å². The van der Waals surface area contributed by atoms with Crippen molar-refractivity contribution in [1.82, 2.24) is 19.5 Å². The zero-order valence-electron chi connectivity index (χ0n) is 46.0. The van der Waals surface area contributed by atoms with Crippen molar-refractivity contribution in [1.29, 1.82) is 0 Å². The summed E-state index contributed by atoms with van der Waals surface area (Å²) in [6.07, 6.45) is 7.58. The van der Waals surface area contributed by atoms with Crippen molar-refractivity contribution in [3.63, 3.8) is 0 Å². The average Bonchev–Trinajstić information content (AvgIpc) is 4.25. The fraction of sp³-hybridized carbons (Fsp3) is 0.203. The number of hydrogen-bond acceptors (Lipinski definition) is 9. The van der Waals surface area contributed by atoms with E-state index in [1.54, 1.807) is 20.5 Å². The largest absolute Gasteiger partial charge is 0.497 e. The van der Waals surface area contributed by atoms with E-state index in [-0.39, 0.29) is 18.1 Å². The van der Waals surface area contributed by atoms with Crippen LogP contribution in [0.4, 0.5) is 5.82 Å². The predicted octanol–water partition coefficient (Wildman–Crippen LogP) is 12.8. The van der Waals surface area contributed by atoms with Crippen LogP contribution in [0.5, 0.6) is 11.5 Å². The molecule has 11 rings (SSSR count). The van der Waals surface area contributed by atoms with E-state index < -0.39 is 37.4 Å². The third-order valence-electron chi connectivity index (χ3n) is 15.7. The number of fused-ring (bicyclic) bond motifs is 1. The lowest BCUT2D eigenvalue weighted by Gasteiger charge is -2.46. The van der Waals surface area contributed by atoms with E-state index in [4.69, 9.17) is 44.7 Å². The van der Waals surface area contributed by atoms with E-state index in [2.05, 4.69) is 178 Å². The number of aromatic nitrogens is 4. The third-order valence-corrected chi connectivity index (χ3v) is 20.7. The topological polar surface area (TPSA) is 102 Å². The van der Waals surface area contributed by atoms with Crippen LogP contribution >= 0.6 is 0 Å². The molecule has 80 heavy (non-hydrogen) atoms. The summed E-state index contributed by atoms with van der Waals surface area (Å²) in [5, 5.41) is 5.84. The lowest BCUT2D eigenvalue weighted by Crippen LogP contribution is -2.68. The van der Waals surface area contributed by atoms with Crippen LogP contribution in [0, 0.1) is 19.3 Å². The third kappa shape index (κ3) is 9.54. The minimum absolute atomic E-state index is 0.00774. The molecule has 10 aromatic rings. The van der Waals surface area contributed by atoms with Crippen molar-refractivity contribution in [2.24, 2.45) is 0 Å². The van der Waals surface area contributed by atoms with Crippen LogP contribution in [0.1, 0.15) is 72.6 Å². The number of imidazole rings is 1. The van der Waals surface area contributed by atoms with Crippen LogP contribution in [-0.4, -0.2) is 60.4 Å². The zero-order valence-corrected chi connectivity index (χ0v) is 47.0. The Morgan fingerprint density at radius 2 is 1.02 bits per heavy atom. The van der Waals surface area contributed by atoms with E-state index in [1.807, 2.05) is 96.4 Å². The molecule has 8 aromatic carbocycles. The van der Waals surface area contributed by atoms with Gasteiger partial charge in [0, 0.05) is 6.42 Å². The number of anilines is 1. The van der Waals surface area contributed by atoms with Gasteiger partial charge in [-0.15, -0.1) is 6.42 Å². The SMILES string of the molecule is C#C[C@]1(CO[Si](c2ccccc2)(c2ccccc2)C(C)(C)C)O[C@@H](n2cnc3c(NC(c4ccccc4)(c4ccccc4)c4ccc(OC)cc4)nc(C)nc32)C[C@@H]1OC(c1ccccc1)(c1ccccc1)c1ccc(OC)cc1. The number of methoxy groups -OCH3 is 2. The first-order chi connectivity index (χ1) is 39.0. The molecule has 1 aliphatic rings. The Hall–Kier alpha value is -8.63. The monoisotopic (exact) mass is 1070 g/mol. The molecule has 1 aliphatic heterocycles. The van der Waals surface area contributed by atoms with E-state index in [0.29, 0.717) is 22.8 Å². The molecule has 0 radical (unpaired) electrons. The Bertz CT molecular complexity index is 3590. The van der Waals surface area contributed by atoms with Crippen LogP contribution in [0.3, 0.4) is 0 Å². The minimum Gasteiger partial charge on any atom is -0.497 e. The van der Waals surface area contributed by atoms with Crippen molar-refractivity contribution in [3.05, 3.63) is 276 Å². The molecule has 2 aromatic heterocycles. The highest BCUT2D eigenvalue weighted by atomic mass is 28.4. The summed E-state index contributed by atoms with van der Waals surface area (Å²) in [4.78, 5) is 15.5. The molecule has 0 unspecified atom stereocenters. The van der Waals surface area contributed by atoms with Gasteiger partial charge in [-0.2, -0.15) is 0 Å². The van der Waals surface area contributed by atoms with Gasteiger partial charge in [0.05, 0.1) is 27.2 Å². The van der Waals surface area contributed by atoms with Gasteiger partial charge in [-0.05, 0) is 80.0 Å². The fourth-order valence-corrected chi connectivity index (χ4v) is 16.4.